The largest absolute Gasteiger partial charge is 0.337 e. The van der Waals surface area contributed by atoms with Gasteiger partial charge in [-0.25, -0.2) is 13.1 Å². The Balaban J connectivity index is 2.60. The Morgan fingerprint density at radius 1 is 1.33 bits per heavy atom. The van der Waals surface area contributed by atoms with Gasteiger partial charge in [0.05, 0.1) is 5.75 Å². The van der Waals surface area contributed by atoms with Crippen LogP contribution in [0.3, 0.4) is 0 Å². The summed E-state index contributed by atoms with van der Waals surface area (Å²) in [7, 11) is -3.25. The van der Waals surface area contributed by atoms with Gasteiger partial charge < -0.3 is 4.90 Å². The zero-order valence-electron chi connectivity index (χ0n) is 12.3. The molecule has 1 aromatic rings. The Hall–Kier alpha value is -1.11. The number of carbonyl (C=O) groups is 1. The number of benzene rings is 1. The van der Waals surface area contributed by atoms with E-state index in [1.165, 1.54) is 6.92 Å². The molecule has 0 bridgehead atoms. The summed E-state index contributed by atoms with van der Waals surface area (Å²) in [6, 6.07) is 7.28. The smallest absolute Gasteiger partial charge is 0.219 e. The fourth-order valence-corrected chi connectivity index (χ4v) is 3.14. The van der Waals surface area contributed by atoms with Gasteiger partial charge in [0, 0.05) is 31.6 Å². The van der Waals surface area contributed by atoms with Gasteiger partial charge in [0.1, 0.15) is 0 Å². The van der Waals surface area contributed by atoms with Crippen LogP contribution in [-0.2, 0) is 21.4 Å². The van der Waals surface area contributed by atoms with E-state index in [0.717, 1.165) is 5.56 Å². The van der Waals surface area contributed by atoms with E-state index >= 15 is 0 Å². The van der Waals surface area contributed by atoms with E-state index in [0.29, 0.717) is 24.5 Å². The van der Waals surface area contributed by atoms with Crippen LogP contribution in [0.5, 0.6) is 0 Å². The normalized spacial score (nSPS) is 11.4. The number of hydrogen-bond donors (Lipinski definition) is 1. The summed E-state index contributed by atoms with van der Waals surface area (Å²) < 4.78 is 25.6. The van der Waals surface area contributed by atoms with Crippen molar-refractivity contribution >= 4 is 27.5 Å². The van der Waals surface area contributed by atoms with Crippen molar-refractivity contribution in [2.24, 2.45) is 0 Å². The second-order valence-electron chi connectivity index (χ2n) is 4.75. The molecule has 0 saturated heterocycles. The third-order valence-corrected chi connectivity index (χ3v) is 4.90. The first-order chi connectivity index (χ1) is 9.85. The Morgan fingerprint density at radius 3 is 2.57 bits per heavy atom. The summed E-state index contributed by atoms with van der Waals surface area (Å²) in [5.41, 5.74) is 0.839. The summed E-state index contributed by atoms with van der Waals surface area (Å²) >= 11 is 6.07. The van der Waals surface area contributed by atoms with Gasteiger partial charge in [0.2, 0.25) is 15.9 Å². The Kier molecular flexibility index (Phi) is 7.14. The second kappa shape index (κ2) is 8.36. The highest BCUT2D eigenvalue weighted by molar-refractivity contribution is 7.89. The maximum atomic E-state index is 11.6. The van der Waals surface area contributed by atoms with Crippen molar-refractivity contribution in [1.82, 2.24) is 9.62 Å². The number of amides is 1. The van der Waals surface area contributed by atoms with Gasteiger partial charge in [0.25, 0.3) is 0 Å². The lowest BCUT2D eigenvalue weighted by Gasteiger charge is -2.22. The van der Waals surface area contributed by atoms with E-state index in [4.69, 9.17) is 11.6 Å². The number of halogens is 1. The molecule has 1 N–H and O–H groups in total. The fourth-order valence-electron chi connectivity index (χ4n) is 1.86. The van der Waals surface area contributed by atoms with Crippen LogP contribution >= 0.6 is 11.6 Å². The average Bonchev–Trinajstić information content (AvgIpc) is 2.39. The first-order valence-corrected chi connectivity index (χ1v) is 8.85. The summed E-state index contributed by atoms with van der Waals surface area (Å²) in [6.07, 6.45) is 0.561. The molecular formula is C14H21ClN2O3S. The zero-order valence-corrected chi connectivity index (χ0v) is 13.9. The molecule has 0 aliphatic heterocycles. The molecule has 0 radical (unpaired) electrons. The van der Waals surface area contributed by atoms with E-state index in [2.05, 4.69) is 4.72 Å². The van der Waals surface area contributed by atoms with Crippen molar-refractivity contribution in [3.8, 4) is 0 Å². The predicted molar refractivity (Wildman–Crippen MR) is 84.6 cm³/mol. The number of nitrogens with one attached hydrogen (secondary N) is 1. The molecule has 0 fully saturated rings. The highest BCUT2D eigenvalue weighted by Crippen LogP contribution is 2.16. The van der Waals surface area contributed by atoms with E-state index in [-0.39, 0.29) is 18.2 Å². The number of rotatable bonds is 8. The van der Waals surface area contributed by atoms with Crippen molar-refractivity contribution in [2.45, 2.75) is 26.8 Å². The third kappa shape index (κ3) is 6.46. The molecule has 0 saturated carbocycles. The van der Waals surface area contributed by atoms with E-state index in [9.17, 15) is 13.2 Å². The van der Waals surface area contributed by atoms with Crippen LogP contribution in [0, 0.1) is 0 Å². The molecule has 0 spiro atoms. The molecule has 1 aromatic carbocycles. The van der Waals surface area contributed by atoms with Crippen LogP contribution in [0.1, 0.15) is 25.8 Å². The highest BCUT2D eigenvalue weighted by Gasteiger charge is 2.13. The third-order valence-electron chi connectivity index (χ3n) is 2.94. The van der Waals surface area contributed by atoms with Crippen LogP contribution in [0.15, 0.2) is 24.3 Å². The minimum Gasteiger partial charge on any atom is -0.337 e. The van der Waals surface area contributed by atoms with Gasteiger partial charge in [-0.1, -0.05) is 36.7 Å². The highest BCUT2D eigenvalue weighted by atomic mass is 35.5. The Morgan fingerprint density at radius 2 is 2.00 bits per heavy atom. The maximum absolute atomic E-state index is 11.6. The van der Waals surface area contributed by atoms with Crippen LogP contribution in [-0.4, -0.2) is 38.1 Å². The molecular weight excluding hydrogens is 312 g/mol. The summed E-state index contributed by atoms with van der Waals surface area (Å²) in [4.78, 5) is 13.2. The monoisotopic (exact) mass is 332 g/mol. The summed E-state index contributed by atoms with van der Waals surface area (Å²) in [5.74, 6) is -0.0259. The molecule has 5 nitrogen and oxygen atoms in total. The lowest BCUT2D eigenvalue weighted by molar-refractivity contribution is -0.129. The lowest BCUT2D eigenvalue weighted by atomic mass is 10.2. The molecule has 0 aromatic heterocycles. The Labute approximate surface area is 131 Å². The van der Waals surface area contributed by atoms with Crippen molar-refractivity contribution < 1.29 is 13.2 Å². The van der Waals surface area contributed by atoms with Gasteiger partial charge in [-0.3, -0.25) is 4.79 Å². The molecule has 118 valence electrons. The molecule has 1 rings (SSSR count). The lowest BCUT2D eigenvalue weighted by Crippen LogP contribution is -2.37. The second-order valence-corrected chi connectivity index (χ2v) is 7.08. The van der Waals surface area contributed by atoms with Gasteiger partial charge in [-0.05, 0) is 18.1 Å². The first kappa shape index (κ1) is 17.9. The molecule has 7 heteroatoms. The standard InChI is InChI=1S/C14H21ClN2O3S/c1-3-10-21(19,20)16-8-9-17(12(2)18)11-13-6-4-5-7-14(13)15/h4-7,16H,3,8-11H2,1-2H3. The van der Waals surface area contributed by atoms with Crippen molar-refractivity contribution in [1.29, 1.82) is 0 Å². The zero-order chi connectivity index (χ0) is 15.9. The van der Waals surface area contributed by atoms with Crippen molar-refractivity contribution in [3.63, 3.8) is 0 Å². The maximum Gasteiger partial charge on any atom is 0.219 e. The van der Waals surface area contributed by atoms with Gasteiger partial charge >= 0.3 is 0 Å². The van der Waals surface area contributed by atoms with Crippen LogP contribution in [0.25, 0.3) is 0 Å². The van der Waals surface area contributed by atoms with E-state index in [1.807, 2.05) is 18.2 Å². The molecule has 0 unspecified atom stereocenters. The number of carbonyl (C=O) groups excluding carboxylic acids is 1. The number of nitrogens with zero attached hydrogens (tertiary/aromatic N) is 1. The van der Waals surface area contributed by atoms with Crippen molar-refractivity contribution in [2.75, 3.05) is 18.8 Å². The quantitative estimate of drug-likeness (QED) is 0.792. The minimum absolute atomic E-state index is 0.0948. The first-order valence-electron chi connectivity index (χ1n) is 6.82. The average molecular weight is 333 g/mol. The summed E-state index contributed by atoms with van der Waals surface area (Å²) in [6.45, 7) is 4.14. The van der Waals surface area contributed by atoms with Crippen molar-refractivity contribution in [3.05, 3.63) is 34.9 Å². The van der Waals surface area contributed by atoms with Crippen LogP contribution in [0.4, 0.5) is 0 Å². The van der Waals surface area contributed by atoms with Gasteiger partial charge in [0.15, 0.2) is 0 Å². The van der Waals surface area contributed by atoms with E-state index < -0.39 is 10.0 Å². The molecule has 0 atom stereocenters. The Bertz CT molecular complexity index is 575. The molecule has 0 aliphatic carbocycles. The number of sulfonamides is 1. The predicted octanol–water partition coefficient (Wildman–Crippen LogP) is 2.02. The van der Waals surface area contributed by atoms with Crippen LogP contribution < -0.4 is 4.72 Å². The molecule has 1 amide bonds. The fraction of sp³-hybridized carbons (Fsp3) is 0.500. The minimum atomic E-state index is -3.25. The SMILES string of the molecule is CCCS(=O)(=O)NCCN(Cc1ccccc1Cl)C(C)=O. The van der Waals surface area contributed by atoms with Crippen LogP contribution in [0.2, 0.25) is 5.02 Å². The summed E-state index contributed by atoms with van der Waals surface area (Å²) in [5, 5.41) is 0.593. The molecule has 0 aliphatic rings. The topological polar surface area (TPSA) is 66.5 Å². The van der Waals surface area contributed by atoms with E-state index in [1.54, 1.807) is 17.9 Å². The van der Waals surface area contributed by atoms with Gasteiger partial charge in [-0.2, -0.15) is 0 Å². The molecule has 21 heavy (non-hydrogen) atoms. The number of hydrogen-bond acceptors (Lipinski definition) is 3. The van der Waals surface area contributed by atoms with Gasteiger partial charge in [-0.15, -0.1) is 0 Å². The molecule has 0 heterocycles.